The number of halogens is 3. The van der Waals surface area contributed by atoms with E-state index in [0.717, 1.165) is 10.9 Å². The fraction of sp³-hybridized carbons (Fsp3) is 0. The Bertz CT molecular complexity index is 768. The van der Waals surface area contributed by atoms with Gasteiger partial charge in [0.25, 0.3) is 0 Å². The third-order valence-electron chi connectivity index (χ3n) is 2.91. The van der Waals surface area contributed by atoms with Gasteiger partial charge in [0.05, 0.1) is 15.7 Å². The van der Waals surface area contributed by atoms with Gasteiger partial charge in [-0.05, 0) is 22.9 Å². The smallest absolute Gasteiger partial charge is 0.148 e. The van der Waals surface area contributed by atoms with E-state index in [2.05, 4.69) is 11.1 Å². The summed E-state index contributed by atoms with van der Waals surface area (Å²) in [4.78, 5) is 4.25. The molecule has 0 aliphatic rings. The maximum Gasteiger partial charge on any atom is 0.148 e. The molecule has 0 amide bonds. The average Bonchev–Trinajstić information content (AvgIpc) is 2.42. The van der Waals surface area contributed by atoms with Crippen LogP contribution in [0.15, 0.2) is 48.5 Å². The average molecular weight is 309 g/mol. The zero-order valence-corrected chi connectivity index (χ0v) is 12.0. The second kappa shape index (κ2) is 5.01. The molecule has 0 aliphatic carbocycles. The predicted molar refractivity (Wildman–Crippen MR) is 82.2 cm³/mol. The Kier molecular flexibility index (Phi) is 3.36. The van der Waals surface area contributed by atoms with E-state index < -0.39 is 0 Å². The minimum absolute atomic E-state index is 0.259. The maximum absolute atomic E-state index is 6.18. The Labute approximate surface area is 125 Å². The quantitative estimate of drug-likeness (QED) is 0.513. The normalized spacial score (nSPS) is 10.9. The number of benzene rings is 2. The van der Waals surface area contributed by atoms with Crippen molar-refractivity contribution in [1.29, 1.82) is 0 Å². The highest BCUT2D eigenvalue weighted by molar-refractivity contribution is 6.43. The number of hydrogen-bond acceptors (Lipinski definition) is 1. The molecule has 0 unspecified atom stereocenters. The van der Waals surface area contributed by atoms with Crippen molar-refractivity contribution in [3.05, 3.63) is 63.7 Å². The topological polar surface area (TPSA) is 12.9 Å². The summed E-state index contributed by atoms with van der Waals surface area (Å²) in [6.07, 6.45) is 0. The van der Waals surface area contributed by atoms with E-state index in [9.17, 15) is 0 Å². The van der Waals surface area contributed by atoms with Gasteiger partial charge in [-0.15, -0.1) is 0 Å². The molecule has 4 heteroatoms. The van der Waals surface area contributed by atoms with Crippen LogP contribution in [0.25, 0.3) is 22.0 Å². The molecule has 0 aliphatic heterocycles. The minimum Gasteiger partial charge on any atom is -0.233 e. The Balaban J connectivity index is 2.21. The fourth-order valence-electron chi connectivity index (χ4n) is 1.98. The van der Waals surface area contributed by atoms with Crippen molar-refractivity contribution in [2.24, 2.45) is 0 Å². The number of nitrogens with zero attached hydrogens (tertiary/aromatic N) is 1. The highest BCUT2D eigenvalue weighted by Gasteiger charge is 2.10. The molecule has 0 atom stereocenters. The second-order valence-electron chi connectivity index (χ2n) is 4.15. The molecular formula is C15H8Cl3N. The van der Waals surface area contributed by atoms with E-state index in [1.54, 1.807) is 6.07 Å². The minimum atomic E-state index is 0.259. The number of fused-ring (bicyclic) bond motifs is 1. The van der Waals surface area contributed by atoms with E-state index in [0.29, 0.717) is 15.7 Å². The van der Waals surface area contributed by atoms with Gasteiger partial charge in [-0.25, -0.2) is 4.98 Å². The van der Waals surface area contributed by atoms with E-state index >= 15 is 0 Å². The van der Waals surface area contributed by atoms with Crippen LogP contribution < -0.4 is 0 Å². The Morgan fingerprint density at radius 1 is 0.737 bits per heavy atom. The Morgan fingerprint density at radius 2 is 1.47 bits per heavy atom. The summed E-state index contributed by atoms with van der Waals surface area (Å²) >= 11 is 18.0. The Morgan fingerprint density at radius 3 is 2.26 bits per heavy atom. The summed E-state index contributed by atoms with van der Waals surface area (Å²) in [5, 5.41) is 3.40. The van der Waals surface area contributed by atoms with E-state index in [-0.39, 0.29) is 5.15 Å². The van der Waals surface area contributed by atoms with Crippen LogP contribution in [0.4, 0.5) is 0 Å². The van der Waals surface area contributed by atoms with Gasteiger partial charge in [0.2, 0.25) is 0 Å². The predicted octanol–water partition coefficient (Wildman–Crippen LogP) is 5.86. The largest absolute Gasteiger partial charge is 0.233 e. The summed E-state index contributed by atoms with van der Waals surface area (Å²) < 4.78 is 0. The molecule has 0 bridgehead atoms. The van der Waals surface area contributed by atoms with E-state index in [4.69, 9.17) is 34.8 Å². The van der Waals surface area contributed by atoms with Gasteiger partial charge in [-0.3, -0.25) is 0 Å². The number of aromatic nitrogens is 1. The molecule has 0 saturated carbocycles. The molecule has 1 aromatic heterocycles. The summed E-state index contributed by atoms with van der Waals surface area (Å²) in [6, 6.07) is 15.8. The first kappa shape index (κ1) is 12.7. The first-order valence-electron chi connectivity index (χ1n) is 5.66. The van der Waals surface area contributed by atoms with Gasteiger partial charge in [-0.1, -0.05) is 71.2 Å². The molecule has 1 heterocycles. The number of pyridine rings is 1. The number of hydrogen-bond donors (Lipinski definition) is 0. The summed E-state index contributed by atoms with van der Waals surface area (Å²) in [5.41, 5.74) is 1.56. The van der Waals surface area contributed by atoms with Crippen LogP contribution in [0.5, 0.6) is 0 Å². The summed E-state index contributed by atoms with van der Waals surface area (Å²) in [6.45, 7) is 0. The molecule has 0 fully saturated rings. The van der Waals surface area contributed by atoms with E-state index in [1.807, 2.05) is 36.4 Å². The van der Waals surface area contributed by atoms with Gasteiger partial charge in [-0.2, -0.15) is 0 Å². The van der Waals surface area contributed by atoms with Crippen LogP contribution in [0.1, 0.15) is 0 Å². The lowest BCUT2D eigenvalue weighted by atomic mass is 10.0. The fourth-order valence-corrected chi connectivity index (χ4v) is 2.59. The maximum atomic E-state index is 6.18. The van der Waals surface area contributed by atoms with Crippen LogP contribution >= 0.6 is 34.8 Å². The lowest BCUT2D eigenvalue weighted by Gasteiger charge is -2.07. The monoisotopic (exact) mass is 307 g/mol. The molecule has 0 saturated heterocycles. The van der Waals surface area contributed by atoms with Crippen molar-refractivity contribution in [2.45, 2.75) is 0 Å². The van der Waals surface area contributed by atoms with Crippen LogP contribution in [0.3, 0.4) is 0 Å². The summed E-state index contributed by atoms with van der Waals surface area (Å²) in [7, 11) is 0. The van der Waals surface area contributed by atoms with Crippen molar-refractivity contribution in [3.8, 4) is 11.3 Å². The van der Waals surface area contributed by atoms with Gasteiger partial charge >= 0.3 is 0 Å². The lowest BCUT2D eigenvalue weighted by Crippen LogP contribution is -1.87. The number of rotatable bonds is 1. The van der Waals surface area contributed by atoms with Crippen molar-refractivity contribution >= 4 is 45.6 Å². The molecule has 2 aromatic carbocycles. The van der Waals surface area contributed by atoms with Gasteiger partial charge in [0, 0.05) is 5.56 Å². The molecule has 94 valence electrons. The van der Waals surface area contributed by atoms with Crippen molar-refractivity contribution in [2.75, 3.05) is 0 Å². The third-order valence-corrected chi connectivity index (χ3v) is 3.87. The summed E-state index contributed by atoms with van der Waals surface area (Å²) in [5.74, 6) is 0. The van der Waals surface area contributed by atoms with Crippen molar-refractivity contribution in [1.82, 2.24) is 4.98 Å². The van der Waals surface area contributed by atoms with Crippen LogP contribution in [0.2, 0.25) is 15.2 Å². The van der Waals surface area contributed by atoms with Crippen LogP contribution in [-0.4, -0.2) is 4.98 Å². The Hall–Kier alpha value is -1.28. The molecule has 3 aromatic rings. The molecule has 3 rings (SSSR count). The van der Waals surface area contributed by atoms with Gasteiger partial charge in [0.15, 0.2) is 0 Å². The van der Waals surface area contributed by atoms with E-state index in [1.165, 1.54) is 5.39 Å². The molecular weight excluding hydrogens is 301 g/mol. The standard InChI is InChI=1S/C15H8Cl3N/c16-12-8-13(17)15(18)19-14(12)11-6-5-9-3-1-2-4-10(9)7-11/h1-8H. The van der Waals surface area contributed by atoms with Gasteiger partial charge < -0.3 is 0 Å². The van der Waals surface area contributed by atoms with Crippen LogP contribution in [-0.2, 0) is 0 Å². The SMILES string of the molecule is Clc1cc(Cl)c(-c2ccc3ccccc3c2)nc1Cl. The molecule has 0 radical (unpaired) electrons. The first-order chi connectivity index (χ1) is 9.15. The third kappa shape index (κ3) is 2.42. The van der Waals surface area contributed by atoms with Crippen molar-refractivity contribution < 1.29 is 0 Å². The molecule has 19 heavy (non-hydrogen) atoms. The second-order valence-corrected chi connectivity index (χ2v) is 5.33. The lowest BCUT2D eigenvalue weighted by molar-refractivity contribution is 1.33. The first-order valence-corrected chi connectivity index (χ1v) is 6.79. The van der Waals surface area contributed by atoms with Gasteiger partial charge in [0.1, 0.15) is 5.15 Å². The molecule has 0 N–H and O–H groups in total. The highest BCUT2D eigenvalue weighted by Crippen LogP contribution is 2.33. The van der Waals surface area contributed by atoms with Crippen molar-refractivity contribution in [3.63, 3.8) is 0 Å². The molecule has 0 spiro atoms. The highest BCUT2D eigenvalue weighted by atomic mass is 35.5. The van der Waals surface area contributed by atoms with Crippen LogP contribution in [0, 0.1) is 0 Å². The zero-order chi connectivity index (χ0) is 13.4. The molecule has 1 nitrogen and oxygen atoms in total. The zero-order valence-electron chi connectivity index (χ0n) is 9.70.